The third-order valence-corrected chi connectivity index (χ3v) is 5.16. The first-order valence-corrected chi connectivity index (χ1v) is 9.59. The minimum atomic E-state index is -4.79. The maximum atomic E-state index is 11.5. The lowest BCUT2D eigenvalue weighted by Crippen LogP contribution is -2.05. The SMILES string of the molecule is Nc1cccc(C=Cc2ccc([N+](=O)[O-])cc2S(=O)(=O)O)c1S(=O)(=O)O. The van der Waals surface area contributed by atoms with Crippen LogP contribution < -0.4 is 5.73 Å². The van der Waals surface area contributed by atoms with E-state index in [2.05, 4.69) is 0 Å². The Bertz CT molecular complexity index is 1120. The molecule has 0 atom stereocenters. The quantitative estimate of drug-likeness (QED) is 0.222. The number of nitrogens with two attached hydrogens (primary N) is 1. The smallest absolute Gasteiger partial charge is 0.297 e. The van der Waals surface area contributed by atoms with E-state index in [-0.39, 0.29) is 16.8 Å². The third kappa shape index (κ3) is 4.23. The monoisotopic (exact) mass is 400 g/mol. The van der Waals surface area contributed by atoms with Crippen LogP contribution >= 0.6 is 0 Å². The van der Waals surface area contributed by atoms with Crippen LogP contribution in [0, 0.1) is 10.1 Å². The molecule has 0 saturated heterocycles. The molecule has 0 spiro atoms. The van der Waals surface area contributed by atoms with E-state index in [9.17, 15) is 36.1 Å². The molecule has 0 aliphatic carbocycles. The highest BCUT2D eigenvalue weighted by Gasteiger charge is 2.20. The highest BCUT2D eigenvalue weighted by molar-refractivity contribution is 7.86. The Balaban J connectivity index is 2.64. The molecular formula is C14H12N2O8S2. The third-order valence-electron chi connectivity index (χ3n) is 3.26. The van der Waals surface area contributed by atoms with Crippen molar-refractivity contribution in [2.45, 2.75) is 9.79 Å². The Morgan fingerprint density at radius 3 is 2.12 bits per heavy atom. The van der Waals surface area contributed by atoms with E-state index in [1.54, 1.807) is 0 Å². The summed E-state index contributed by atoms with van der Waals surface area (Å²) in [4.78, 5) is 8.62. The molecule has 12 heteroatoms. The van der Waals surface area contributed by atoms with Crippen LogP contribution in [-0.4, -0.2) is 30.9 Å². The predicted molar refractivity (Wildman–Crippen MR) is 92.5 cm³/mol. The fraction of sp³-hybridized carbons (Fsp3) is 0. The zero-order valence-electron chi connectivity index (χ0n) is 12.8. The summed E-state index contributed by atoms with van der Waals surface area (Å²) < 4.78 is 64.4. The lowest BCUT2D eigenvalue weighted by atomic mass is 10.1. The molecule has 138 valence electrons. The Morgan fingerprint density at radius 1 is 0.962 bits per heavy atom. The van der Waals surface area contributed by atoms with Crippen LogP contribution in [0.3, 0.4) is 0 Å². The van der Waals surface area contributed by atoms with Gasteiger partial charge in [-0.2, -0.15) is 16.8 Å². The van der Waals surface area contributed by atoms with E-state index >= 15 is 0 Å². The van der Waals surface area contributed by atoms with Gasteiger partial charge in [0.15, 0.2) is 0 Å². The normalized spacial score (nSPS) is 12.4. The maximum Gasteiger partial charge on any atom is 0.297 e. The summed E-state index contributed by atoms with van der Waals surface area (Å²) >= 11 is 0. The van der Waals surface area contributed by atoms with Crippen LogP contribution in [0.25, 0.3) is 12.2 Å². The molecule has 4 N–H and O–H groups in total. The van der Waals surface area contributed by atoms with Crippen molar-refractivity contribution in [3.63, 3.8) is 0 Å². The number of nitrogens with zero attached hydrogens (tertiary/aromatic N) is 1. The van der Waals surface area contributed by atoms with Gasteiger partial charge in [0.2, 0.25) is 0 Å². The Kier molecular flexibility index (Phi) is 5.13. The Morgan fingerprint density at radius 2 is 1.58 bits per heavy atom. The predicted octanol–water partition coefficient (Wildman–Crippen LogP) is 1.84. The second-order valence-corrected chi connectivity index (χ2v) is 7.78. The van der Waals surface area contributed by atoms with Crippen LogP contribution in [0.1, 0.15) is 11.1 Å². The van der Waals surface area contributed by atoms with Crippen molar-refractivity contribution in [3.05, 3.63) is 57.6 Å². The number of hydrogen-bond acceptors (Lipinski definition) is 7. The molecule has 0 bridgehead atoms. The summed E-state index contributed by atoms with van der Waals surface area (Å²) in [5, 5.41) is 10.8. The van der Waals surface area contributed by atoms with Crippen molar-refractivity contribution < 1.29 is 30.9 Å². The summed E-state index contributed by atoms with van der Waals surface area (Å²) in [6.45, 7) is 0. The van der Waals surface area contributed by atoms with Crippen molar-refractivity contribution >= 4 is 43.8 Å². The standard InChI is InChI=1S/C14H12N2O8S2/c15-12-3-1-2-10(14(12)26(22,23)24)5-4-9-6-7-11(16(17)18)8-13(9)25(19,20)21/h1-8H,15H2,(H,19,20,21)(H,22,23,24). The molecule has 2 aromatic carbocycles. The first kappa shape index (κ1) is 19.5. The molecule has 0 unspecified atom stereocenters. The summed E-state index contributed by atoms with van der Waals surface area (Å²) in [5.41, 5.74) is 4.57. The van der Waals surface area contributed by atoms with E-state index in [0.29, 0.717) is 6.07 Å². The number of rotatable bonds is 5. The van der Waals surface area contributed by atoms with Gasteiger partial charge in [-0.25, -0.2) is 0 Å². The number of hydrogen-bond donors (Lipinski definition) is 3. The molecule has 2 aromatic rings. The summed E-state index contributed by atoms with van der Waals surface area (Å²) in [6.07, 6.45) is 2.24. The van der Waals surface area contributed by atoms with Gasteiger partial charge in [0.1, 0.15) is 9.79 Å². The second-order valence-electron chi connectivity index (χ2n) is 5.03. The van der Waals surface area contributed by atoms with E-state index < -0.39 is 40.6 Å². The Hall–Kier alpha value is -2.80. The van der Waals surface area contributed by atoms with Gasteiger partial charge < -0.3 is 5.73 Å². The lowest BCUT2D eigenvalue weighted by molar-refractivity contribution is -0.385. The number of anilines is 1. The first-order valence-electron chi connectivity index (χ1n) is 6.71. The topological polar surface area (TPSA) is 178 Å². The Labute approximate surface area is 148 Å². The molecule has 0 heterocycles. The average Bonchev–Trinajstić information content (AvgIpc) is 2.50. The molecule has 0 fully saturated rings. The van der Waals surface area contributed by atoms with Gasteiger partial charge in [0, 0.05) is 12.1 Å². The molecule has 2 rings (SSSR count). The van der Waals surface area contributed by atoms with Crippen LogP contribution in [0.15, 0.2) is 46.2 Å². The van der Waals surface area contributed by atoms with Crippen molar-refractivity contribution in [2.75, 3.05) is 5.73 Å². The van der Waals surface area contributed by atoms with Gasteiger partial charge >= 0.3 is 0 Å². The first-order chi connectivity index (χ1) is 11.9. The van der Waals surface area contributed by atoms with Crippen LogP contribution in [0.4, 0.5) is 11.4 Å². The highest BCUT2D eigenvalue weighted by atomic mass is 32.2. The lowest BCUT2D eigenvalue weighted by Gasteiger charge is -2.07. The van der Waals surface area contributed by atoms with Gasteiger partial charge in [-0.3, -0.25) is 19.2 Å². The minimum Gasteiger partial charge on any atom is -0.398 e. The average molecular weight is 400 g/mol. The number of nitro groups is 1. The molecular weight excluding hydrogens is 388 g/mol. The van der Waals surface area contributed by atoms with Crippen molar-refractivity contribution in [2.24, 2.45) is 0 Å². The largest absolute Gasteiger partial charge is 0.398 e. The highest BCUT2D eigenvalue weighted by Crippen LogP contribution is 2.27. The molecule has 0 saturated carbocycles. The zero-order chi connectivity index (χ0) is 19.7. The zero-order valence-corrected chi connectivity index (χ0v) is 14.4. The fourth-order valence-corrected chi connectivity index (χ4v) is 3.68. The molecule has 0 aromatic heterocycles. The van der Waals surface area contributed by atoms with E-state index in [1.165, 1.54) is 18.2 Å². The number of nitrogen functional groups attached to an aromatic ring is 1. The van der Waals surface area contributed by atoms with E-state index in [1.807, 2.05) is 0 Å². The maximum absolute atomic E-state index is 11.5. The van der Waals surface area contributed by atoms with Gasteiger partial charge in [-0.05, 0) is 23.3 Å². The summed E-state index contributed by atoms with van der Waals surface area (Å²) in [5.74, 6) is 0. The van der Waals surface area contributed by atoms with Crippen LogP contribution in [0.5, 0.6) is 0 Å². The van der Waals surface area contributed by atoms with Crippen LogP contribution in [0.2, 0.25) is 0 Å². The number of non-ortho nitro benzene ring substituents is 1. The minimum absolute atomic E-state index is 0.0489. The van der Waals surface area contributed by atoms with Crippen molar-refractivity contribution in [3.8, 4) is 0 Å². The molecule has 0 amide bonds. The van der Waals surface area contributed by atoms with Gasteiger partial charge in [-0.1, -0.05) is 24.3 Å². The van der Waals surface area contributed by atoms with E-state index in [4.69, 9.17) is 5.73 Å². The second kappa shape index (κ2) is 6.84. The van der Waals surface area contributed by atoms with Gasteiger partial charge in [0.25, 0.3) is 25.9 Å². The van der Waals surface area contributed by atoms with E-state index in [0.717, 1.165) is 24.3 Å². The molecule has 10 nitrogen and oxygen atoms in total. The van der Waals surface area contributed by atoms with Crippen LogP contribution in [-0.2, 0) is 20.2 Å². The van der Waals surface area contributed by atoms with Gasteiger partial charge in [-0.15, -0.1) is 0 Å². The number of benzene rings is 2. The molecule has 0 aliphatic heterocycles. The van der Waals surface area contributed by atoms with Crippen molar-refractivity contribution in [1.82, 2.24) is 0 Å². The fourth-order valence-electron chi connectivity index (χ4n) is 2.18. The van der Waals surface area contributed by atoms with Gasteiger partial charge in [0.05, 0.1) is 10.6 Å². The molecule has 0 radical (unpaired) electrons. The number of nitro benzene ring substituents is 1. The molecule has 26 heavy (non-hydrogen) atoms. The molecule has 0 aliphatic rings. The summed E-state index contributed by atoms with van der Waals surface area (Å²) in [6, 6.07) is 6.69. The van der Waals surface area contributed by atoms with Crippen molar-refractivity contribution in [1.29, 1.82) is 0 Å². The summed E-state index contributed by atoms with van der Waals surface area (Å²) in [7, 11) is -9.45.